The minimum absolute atomic E-state index is 0.522. The smallest absolute Gasteiger partial charge is 0.247 e. The van der Waals surface area contributed by atoms with Crippen LogP contribution in [-0.4, -0.2) is 57.7 Å². The molecule has 1 fully saturated rings. The number of rotatable bonds is 5. The van der Waals surface area contributed by atoms with E-state index >= 15 is 0 Å². The van der Waals surface area contributed by atoms with Crippen LogP contribution in [0.4, 0.5) is 17.3 Å². The Labute approximate surface area is 205 Å². The van der Waals surface area contributed by atoms with Crippen LogP contribution in [0.15, 0.2) is 54.9 Å². The van der Waals surface area contributed by atoms with Crippen molar-refractivity contribution in [1.82, 2.24) is 24.5 Å². The second-order valence-electron chi connectivity index (χ2n) is 9.73. The molecular formula is C27H30N8. The van der Waals surface area contributed by atoms with Crippen molar-refractivity contribution in [3.8, 4) is 17.3 Å². The Morgan fingerprint density at radius 2 is 1.74 bits per heavy atom. The number of nitrogens with zero attached hydrogens (tertiary/aromatic N) is 7. The van der Waals surface area contributed by atoms with Crippen LogP contribution in [0.2, 0.25) is 0 Å². The van der Waals surface area contributed by atoms with E-state index in [0.717, 1.165) is 48.7 Å². The summed E-state index contributed by atoms with van der Waals surface area (Å²) in [6, 6.07) is 16.7. The number of aryl methyl sites for hydroxylation is 1. The molecule has 3 heterocycles. The van der Waals surface area contributed by atoms with Crippen LogP contribution in [0.25, 0.3) is 16.9 Å². The third-order valence-electron chi connectivity index (χ3n) is 6.73. The van der Waals surface area contributed by atoms with Crippen LogP contribution < -0.4 is 10.2 Å². The Hall–Kier alpha value is -3.96. The number of fused-ring (bicyclic) bond motifs is 1. The highest BCUT2D eigenvalue weighted by atomic mass is 15.4. The molecule has 0 spiro atoms. The number of aromatic nitrogens is 4. The zero-order valence-corrected chi connectivity index (χ0v) is 20.7. The van der Waals surface area contributed by atoms with E-state index in [1.165, 1.54) is 11.3 Å². The molecule has 0 atom stereocenters. The standard InChI is InChI=1S/C27H30N8/c1-19-15-22(9-10-23(19)34-13-11-33(4)12-14-34)30-26-31-25-17-29-16-24(35(25)32-26)20-5-7-21(8-6-20)27(2,3)18-28/h5-10,15-17H,11-14H2,1-4H3,(H,30,32). The molecule has 1 aliphatic rings. The molecule has 1 aliphatic heterocycles. The van der Waals surface area contributed by atoms with Gasteiger partial charge in [-0.05, 0) is 57.1 Å². The Morgan fingerprint density at radius 1 is 1.00 bits per heavy atom. The number of hydrogen-bond donors (Lipinski definition) is 1. The Morgan fingerprint density at radius 3 is 2.43 bits per heavy atom. The molecular weight excluding hydrogens is 436 g/mol. The van der Waals surface area contributed by atoms with Crippen molar-refractivity contribution in [2.45, 2.75) is 26.2 Å². The van der Waals surface area contributed by atoms with Crippen molar-refractivity contribution in [2.24, 2.45) is 0 Å². The van der Waals surface area contributed by atoms with Gasteiger partial charge < -0.3 is 15.1 Å². The van der Waals surface area contributed by atoms with E-state index in [1.807, 2.05) is 38.1 Å². The highest BCUT2D eigenvalue weighted by Crippen LogP contribution is 2.28. The number of likely N-dealkylation sites (N-methyl/N-ethyl adjacent to an activating group) is 1. The number of hydrogen-bond acceptors (Lipinski definition) is 7. The highest BCUT2D eigenvalue weighted by molar-refractivity contribution is 5.66. The van der Waals surface area contributed by atoms with Gasteiger partial charge in [0.05, 0.1) is 29.6 Å². The van der Waals surface area contributed by atoms with Gasteiger partial charge in [-0.2, -0.15) is 10.2 Å². The number of piperazine rings is 1. The molecule has 35 heavy (non-hydrogen) atoms. The highest BCUT2D eigenvalue weighted by Gasteiger charge is 2.20. The lowest BCUT2D eigenvalue weighted by atomic mass is 9.86. The van der Waals surface area contributed by atoms with Crippen molar-refractivity contribution in [3.05, 3.63) is 66.0 Å². The van der Waals surface area contributed by atoms with Crippen LogP contribution in [0.3, 0.4) is 0 Å². The Kier molecular flexibility index (Phi) is 5.87. The summed E-state index contributed by atoms with van der Waals surface area (Å²) in [5, 5.41) is 17.5. The van der Waals surface area contributed by atoms with Gasteiger partial charge in [0, 0.05) is 43.1 Å². The van der Waals surface area contributed by atoms with E-state index in [1.54, 1.807) is 16.9 Å². The van der Waals surface area contributed by atoms with Crippen LogP contribution in [0.1, 0.15) is 25.0 Å². The average molecular weight is 467 g/mol. The van der Waals surface area contributed by atoms with E-state index in [2.05, 4.69) is 63.3 Å². The number of anilines is 3. The molecule has 0 bridgehead atoms. The second kappa shape index (κ2) is 9.01. The van der Waals surface area contributed by atoms with Gasteiger partial charge in [0.15, 0.2) is 5.65 Å². The first kappa shape index (κ1) is 22.8. The third kappa shape index (κ3) is 4.55. The first-order valence-electron chi connectivity index (χ1n) is 11.9. The fraction of sp³-hybridized carbons (Fsp3) is 0.333. The molecule has 0 radical (unpaired) electrons. The molecule has 0 unspecified atom stereocenters. The lowest BCUT2D eigenvalue weighted by Gasteiger charge is -2.35. The third-order valence-corrected chi connectivity index (χ3v) is 6.73. The zero-order valence-electron chi connectivity index (χ0n) is 20.7. The lowest BCUT2D eigenvalue weighted by molar-refractivity contribution is 0.312. The zero-order chi connectivity index (χ0) is 24.6. The van der Waals surface area contributed by atoms with Crippen molar-refractivity contribution >= 4 is 23.0 Å². The van der Waals surface area contributed by atoms with Gasteiger partial charge in [0.1, 0.15) is 0 Å². The van der Waals surface area contributed by atoms with E-state index in [-0.39, 0.29) is 0 Å². The molecule has 1 saturated heterocycles. The van der Waals surface area contributed by atoms with Crippen LogP contribution >= 0.6 is 0 Å². The molecule has 8 heteroatoms. The predicted molar refractivity (Wildman–Crippen MR) is 139 cm³/mol. The average Bonchev–Trinajstić information content (AvgIpc) is 3.27. The molecule has 0 saturated carbocycles. The summed E-state index contributed by atoms with van der Waals surface area (Å²) in [7, 11) is 2.17. The topological polar surface area (TPSA) is 85.4 Å². The summed E-state index contributed by atoms with van der Waals surface area (Å²) in [4.78, 5) is 13.8. The molecule has 8 nitrogen and oxygen atoms in total. The fourth-order valence-corrected chi connectivity index (χ4v) is 4.45. The summed E-state index contributed by atoms with van der Waals surface area (Å²) in [6.45, 7) is 10.2. The van der Waals surface area contributed by atoms with Gasteiger partial charge in [-0.15, -0.1) is 5.10 Å². The van der Waals surface area contributed by atoms with E-state index in [4.69, 9.17) is 5.10 Å². The fourth-order valence-electron chi connectivity index (χ4n) is 4.45. The summed E-state index contributed by atoms with van der Waals surface area (Å²) in [5.41, 5.74) is 6.36. The Bertz CT molecular complexity index is 1390. The molecule has 2 aromatic heterocycles. The van der Waals surface area contributed by atoms with Gasteiger partial charge in [0.25, 0.3) is 0 Å². The number of nitriles is 1. The quantitative estimate of drug-likeness (QED) is 0.467. The monoisotopic (exact) mass is 466 g/mol. The first-order valence-corrected chi connectivity index (χ1v) is 11.9. The second-order valence-corrected chi connectivity index (χ2v) is 9.73. The first-order chi connectivity index (χ1) is 16.8. The van der Waals surface area contributed by atoms with Gasteiger partial charge >= 0.3 is 0 Å². The van der Waals surface area contributed by atoms with Crippen LogP contribution in [0.5, 0.6) is 0 Å². The van der Waals surface area contributed by atoms with Gasteiger partial charge in [-0.25, -0.2) is 4.52 Å². The largest absolute Gasteiger partial charge is 0.369 e. The molecule has 1 N–H and O–H groups in total. The summed E-state index contributed by atoms with van der Waals surface area (Å²) in [5.74, 6) is 0.522. The van der Waals surface area contributed by atoms with E-state index < -0.39 is 5.41 Å². The lowest BCUT2D eigenvalue weighted by Crippen LogP contribution is -2.44. The minimum Gasteiger partial charge on any atom is -0.369 e. The van der Waals surface area contributed by atoms with Gasteiger partial charge in [-0.3, -0.25) is 4.98 Å². The summed E-state index contributed by atoms with van der Waals surface area (Å²) in [6.07, 6.45) is 3.49. The van der Waals surface area contributed by atoms with Crippen LogP contribution in [0, 0.1) is 18.3 Å². The molecule has 5 rings (SSSR count). The van der Waals surface area contributed by atoms with E-state index in [9.17, 15) is 5.26 Å². The van der Waals surface area contributed by atoms with Crippen molar-refractivity contribution < 1.29 is 0 Å². The van der Waals surface area contributed by atoms with Gasteiger partial charge in [0.2, 0.25) is 5.95 Å². The number of nitrogens with one attached hydrogen (secondary N) is 1. The molecule has 0 aliphatic carbocycles. The molecule has 0 amide bonds. The predicted octanol–water partition coefficient (Wildman–Crippen LogP) is 4.40. The van der Waals surface area contributed by atoms with Crippen molar-refractivity contribution in [3.63, 3.8) is 0 Å². The maximum Gasteiger partial charge on any atom is 0.247 e. The van der Waals surface area contributed by atoms with E-state index in [0.29, 0.717) is 11.6 Å². The SMILES string of the molecule is Cc1cc(Nc2nc3cncc(-c4ccc(C(C)(C)C#N)cc4)n3n2)ccc1N1CCN(C)CC1. The molecule has 178 valence electrons. The van der Waals surface area contributed by atoms with Gasteiger partial charge in [-0.1, -0.05) is 24.3 Å². The summed E-state index contributed by atoms with van der Waals surface area (Å²) >= 11 is 0. The molecule has 2 aromatic carbocycles. The number of benzene rings is 2. The normalized spacial score (nSPS) is 14.8. The maximum absolute atomic E-state index is 9.41. The minimum atomic E-state index is -0.537. The Balaban J connectivity index is 1.39. The van der Waals surface area contributed by atoms with Crippen LogP contribution in [-0.2, 0) is 5.41 Å². The summed E-state index contributed by atoms with van der Waals surface area (Å²) < 4.78 is 1.80. The van der Waals surface area contributed by atoms with Crippen molar-refractivity contribution in [2.75, 3.05) is 43.4 Å². The molecule has 4 aromatic rings. The van der Waals surface area contributed by atoms with Crippen molar-refractivity contribution in [1.29, 1.82) is 5.26 Å². The maximum atomic E-state index is 9.41.